The molecule has 4 nitrogen and oxygen atoms in total. The molecule has 0 bridgehead atoms. The molecule has 2 heterocycles. The highest BCUT2D eigenvalue weighted by Gasteiger charge is 2.60. The number of amides is 2. The van der Waals surface area contributed by atoms with Gasteiger partial charge in [-0.3, -0.25) is 9.59 Å². The standard InChI is InChI=1S/C21H18F2N2O2S/c22-15-5-1-13(2-6-15)12-24-18-8-7-16(23)11-17(18)21(20(24)27)25(9-10-28-21)19(26)14-3-4-14/h1-2,5-8,11,14H,3-4,9-10,12H2/t21-/m0/s1. The molecule has 0 aromatic heterocycles. The normalized spacial score (nSPS) is 23.6. The second kappa shape index (κ2) is 6.30. The molecule has 1 spiro atoms. The average Bonchev–Trinajstić information content (AvgIpc) is 3.41. The van der Waals surface area contributed by atoms with Crippen molar-refractivity contribution in [2.24, 2.45) is 5.92 Å². The van der Waals surface area contributed by atoms with Gasteiger partial charge in [0.05, 0.1) is 12.2 Å². The predicted molar refractivity (Wildman–Crippen MR) is 103 cm³/mol. The fourth-order valence-electron chi connectivity index (χ4n) is 4.09. The van der Waals surface area contributed by atoms with Gasteiger partial charge in [0.15, 0.2) is 4.87 Å². The van der Waals surface area contributed by atoms with Crippen LogP contribution in [0.1, 0.15) is 24.0 Å². The van der Waals surface area contributed by atoms with E-state index in [-0.39, 0.29) is 30.1 Å². The van der Waals surface area contributed by atoms with Crippen LogP contribution >= 0.6 is 11.8 Å². The van der Waals surface area contributed by atoms with Crippen LogP contribution in [0.25, 0.3) is 0 Å². The van der Waals surface area contributed by atoms with E-state index in [1.54, 1.807) is 28.0 Å². The van der Waals surface area contributed by atoms with E-state index in [9.17, 15) is 18.4 Å². The SMILES string of the molecule is O=C(C1CC1)N1CCS[C@@]12C(=O)N(Cc1ccc(F)cc1)c1ccc(F)cc12. The summed E-state index contributed by atoms with van der Waals surface area (Å²) in [4.78, 5) is 28.6. The number of hydrogen-bond donors (Lipinski definition) is 0. The van der Waals surface area contributed by atoms with Crippen molar-refractivity contribution in [1.29, 1.82) is 0 Å². The number of nitrogens with zero attached hydrogens (tertiary/aromatic N) is 2. The fourth-order valence-corrected chi connectivity index (χ4v) is 5.55. The minimum Gasteiger partial charge on any atom is -0.315 e. The second-order valence-corrected chi connectivity index (χ2v) is 8.72. The Bertz CT molecular complexity index is 977. The summed E-state index contributed by atoms with van der Waals surface area (Å²) in [5.41, 5.74) is 1.92. The van der Waals surface area contributed by atoms with E-state index in [1.165, 1.54) is 36.0 Å². The van der Waals surface area contributed by atoms with Gasteiger partial charge in [0, 0.05) is 23.8 Å². The summed E-state index contributed by atoms with van der Waals surface area (Å²) in [6.07, 6.45) is 1.69. The van der Waals surface area contributed by atoms with Crippen molar-refractivity contribution in [1.82, 2.24) is 4.90 Å². The molecule has 0 unspecified atom stereocenters. The molecule has 7 heteroatoms. The van der Waals surface area contributed by atoms with Crippen LogP contribution in [0.3, 0.4) is 0 Å². The van der Waals surface area contributed by atoms with Crippen molar-refractivity contribution in [3.05, 3.63) is 65.2 Å². The lowest BCUT2D eigenvalue weighted by molar-refractivity contribution is -0.141. The average molecular weight is 400 g/mol. The highest BCUT2D eigenvalue weighted by atomic mass is 32.2. The van der Waals surface area contributed by atoms with Gasteiger partial charge in [-0.15, -0.1) is 11.8 Å². The van der Waals surface area contributed by atoms with Crippen molar-refractivity contribution in [3.8, 4) is 0 Å². The van der Waals surface area contributed by atoms with E-state index in [1.807, 2.05) is 0 Å². The van der Waals surface area contributed by atoms with E-state index in [0.29, 0.717) is 23.5 Å². The highest BCUT2D eigenvalue weighted by Crippen LogP contribution is 2.55. The van der Waals surface area contributed by atoms with Crippen LogP contribution in [0.2, 0.25) is 0 Å². The maximum absolute atomic E-state index is 14.1. The Kier molecular flexibility index (Phi) is 3.98. The van der Waals surface area contributed by atoms with Crippen molar-refractivity contribution in [3.63, 3.8) is 0 Å². The maximum Gasteiger partial charge on any atom is 0.268 e. The molecule has 5 rings (SSSR count). The molecular weight excluding hydrogens is 382 g/mol. The van der Waals surface area contributed by atoms with Crippen LogP contribution in [0, 0.1) is 17.6 Å². The molecule has 144 valence electrons. The predicted octanol–water partition coefficient (Wildman–Crippen LogP) is 3.65. The summed E-state index contributed by atoms with van der Waals surface area (Å²) in [5.74, 6) is -0.411. The van der Waals surface area contributed by atoms with Crippen molar-refractivity contribution >= 4 is 29.3 Å². The minimum absolute atomic E-state index is 0.0165. The third-order valence-electron chi connectivity index (χ3n) is 5.60. The van der Waals surface area contributed by atoms with E-state index >= 15 is 0 Å². The van der Waals surface area contributed by atoms with Crippen LogP contribution < -0.4 is 4.90 Å². The number of hydrogen-bond acceptors (Lipinski definition) is 3. The number of anilines is 1. The third-order valence-corrected chi connectivity index (χ3v) is 7.02. The largest absolute Gasteiger partial charge is 0.315 e. The molecule has 1 atom stereocenters. The quantitative estimate of drug-likeness (QED) is 0.790. The third kappa shape index (κ3) is 2.56. The van der Waals surface area contributed by atoms with Gasteiger partial charge in [0.1, 0.15) is 11.6 Å². The summed E-state index contributed by atoms with van der Waals surface area (Å²) in [6.45, 7) is 0.720. The smallest absolute Gasteiger partial charge is 0.268 e. The number of fused-ring (bicyclic) bond motifs is 2. The molecule has 1 saturated heterocycles. The Morgan fingerprint density at radius 1 is 1.11 bits per heavy atom. The van der Waals surface area contributed by atoms with Gasteiger partial charge in [-0.25, -0.2) is 8.78 Å². The van der Waals surface area contributed by atoms with Crippen molar-refractivity contribution in [2.45, 2.75) is 24.3 Å². The number of halogens is 2. The zero-order chi connectivity index (χ0) is 19.5. The van der Waals surface area contributed by atoms with Gasteiger partial charge in [-0.1, -0.05) is 12.1 Å². The monoisotopic (exact) mass is 400 g/mol. The van der Waals surface area contributed by atoms with E-state index < -0.39 is 10.7 Å². The molecule has 3 aliphatic rings. The second-order valence-electron chi connectivity index (χ2n) is 7.44. The number of carbonyl (C=O) groups excluding carboxylic acids is 2. The van der Waals surface area contributed by atoms with Crippen molar-refractivity contribution in [2.75, 3.05) is 17.2 Å². The van der Waals surface area contributed by atoms with Crippen LogP contribution in [0.5, 0.6) is 0 Å². The lowest BCUT2D eigenvalue weighted by atomic mass is 10.0. The Hall–Kier alpha value is -2.41. The van der Waals surface area contributed by atoms with Crippen LogP contribution in [-0.2, 0) is 21.0 Å². The molecule has 0 radical (unpaired) electrons. The lowest BCUT2D eigenvalue weighted by Crippen LogP contribution is -2.50. The number of rotatable bonds is 3. The highest BCUT2D eigenvalue weighted by molar-refractivity contribution is 8.01. The molecule has 1 aliphatic carbocycles. The number of benzene rings is 2. The molecule has 0 N–H and O–H groups in total. The van der Waals surface area contributed by atoms with Crippen LogP contribution in [0.4, 0.5) is 14.5 Å². The molecular formula is C21H18F2N2O2S. The van der Waals surface area contributed by atoms with E-state index in [2.05, 4.69) is 0 Å². The minimum atomic E-state index is -1.20. The summed E-state index contributed by atoms with van der Waals surface area (Å²) in [6, 6.07) is 10.3. The molecule has 2 aromatic rings. The first-order valence-electron chi connectivity index (χ1n) is 9.32. The first-order chi connectivity index (χ1) is 13.5. The molecule has 1 saturated carbocycles. The van der Waals surface area contributed by atoms with E-state index in [4.69, 9.17) is 0 Å². The van der Waals surface area contributed by atoms with Crippen LogP contribution in [-0.4, -0.2) is 29.0 Å². The summed E-state index contributed by atoms with van der Waals surface area (Å²) < 4.78 is 27.4. The first-order valence-corrected chi connectivity index (χ1v) is 10.3. The van der Waals surface area contributed by atoms with Gasteiger partial charge in [0.2, 0.25) is 5.91 Å². The topological polar surface area (TPSA) is 40.6 Å². The molecule has 2 aliphatic heterocycles. The maximum atomic E-state index is 14.1. The van der Waals surface area contributed by atoms with Gasteiger partial charge in [0.25, 0.3) is 5.91 Å². The molecule has 2 fully saturated rings. The number of carbonyl (C=O) groups is 2. The van der Waals surface area contributed by atoms with Gasteiger partial charge < -0.3 is 9.80 Å². The Labute approximate surface area is 165 Å². The summed E-state index contributed by atoms with van der Waals surface area (Å²) >= 11 is 1.40. The Morgan fingerprint density at radius 3 is 2.54 bits per heavy atom. The Balaban J connectivity index is 1.59. The summed E-state index contributed by atoms with van der Waals surface area (Å²) in [7, 11) is 0. The molecule has 2 amide bonds. The molecule has 2 aromatic carbocycles. The molecule has 28 heavy (non-hydrogen) atoms. The van der Waals surface area contributed by atoms with Gasteiger partial charge in [-0.05, 0) is 48.7 Å². The lowest BCUT2D eigenvalue weighted by Gasteiger charge is -2.33. The zero-order valence-electron chi connectivity index (χ0n) is 15.0. The fraction of sp³-hybridized carbons (Fsp3) is 0.333. The zero-order valence-corrected chi connectivity index (χ0v) is 15.8. The summed E-state index contributed by atoms with van der Waals surface area (Å²) in [5, 5.41) is 0. The van der Waals surface area contributed by atoms with E-state index in [0.717, 1.165) is 18.4 Å². The first kappa shape index (κ1) is 17.7. The van der Waals surface area contributed by atoms with Crippen LogP contribution in [0.15, 0.2) is 42.5 Å². The number of thioether (sulfide) groups is 1. The van der Waals surface area contributed by atoms with Gasteiger partial charge >= 0.3 is 0 Å². The van der Waals surface area contributed by atoms with Crippen molar-refractivity contribution < 1.29 is 18.4 Å². The Morgan fingerprint density at radius 2 is 1.82 bits per heavy atom. The van der Waals surface area contributed by atoms with Gasteiger partial charge in [-0.2, -0.15) is 0 Å².